The molecule has 1 atom stereocenters. The van der Waals surface area contributed by atoms with E-state index in [-0.39, 0.29) is 5.91 Å². The van der Waals surface area contributed by atoms with Crippen LogP contribution < -0.4 is 5.32 Å². The van der Waals surface area contributed by atoms with E-state index >= 15 is 0 Å². The summed E-state index contributed by atoms with van der Waals surface area (Å²) in [5, 5.41) is 7.09. The van der Waals surface area contributed by atoms with Gasteiger partial charge in [0.05, 0.1) is 12.3 Å². The lowest BCUT2D eigenvalue weighted by atomic mass is 9.97. The molecule has 1 aliphatic rings. The van der Waals surface area contributed by atoms with Crippen LogP contribution in [0.5, 0.6) is 0 Å². The number of ether oxygens (including phenoxy) is 1. The molecule has 0 saturated heterocycles. The highest BCUT2D eigenvalue weighted by molar-refractivity contribution is 5.82. The quantitative estimate of drug-likeness (QED) is 0.794. The average Bonchev–Trinajstić information content (AvgIpc) is 3.21. The monoisotopic (exact) mass is 334 g/mol. The summed E-state index contributed by atoms with van der Waals surface area (Å²) in [7, 11) is 0. The van der Waals surface area contributed by atoms with Crippen LogP contribution in [0.3, 0.4) is 0 Å². The molecule has 2 aromatic carbocycles. The Hall–Kier alpha value is -2.99. The summed E-state index contributed by atoms with van der Waals surface area (Å²) < 4.78 is 7.39. The van der Waals surface area contributed by atoms with E-state index in [1.54, 1.807) is 11.0 Å². The Kier molecular flexibility index (Phi) is 4.26. The van der Waals surface area contributed by atoms with Crippen molar-refractivity contribution in [1.82, 2.24) is 20.1 Å². The number of hydrogen-bond acceptors (Lipinski definition) is 4. The number of aromatic nitrogens is 3. The maximum atomic E-state index is 12.6. The molecule has 3 aromatic rings. The van der Waals surface area contributed by atoms with E-state index in [9.17, 15) is 4.79 Å². The number of fused-ring (bicyclic) bond motifs is 1. The number of carbonyl (C=O) groups excluding carboxylic acids is 1. The van der Waals surface area contributed by atoms with Crippen molar-refractivity contribution in [1.29, 1.82) is 0 Å². The van der Waals surface area contributed by atoms with E-state index < -0.39 is 6.10 Å². The Labute approximate surface area is 145 Å². The van der Waals surface area contributed by atoms with Gasteiger partial charge in [0.25, 0.3) is 5.91 Å². The maximum absolute atomic E-state index is 12.6. The molecule has 6 heteroatoms. The number of rotatable bonds is 4. The Morgan fingerprint density at radius 1 is 1.24 bits per heavy atom. The van der Waals surface area contributed by atoms with Crippen molar-refractivity contribution in [3.63, 3.8) is 0 Å². The average molecular weight is 334 g/mol. The van der Waals surface area contributed by atoms with Crippen LogP contribution in [0.4, 0.5) is 0 Å². The first-order valence-corrected chi connectivity index (χ1v) is 8.22. The number of nitrogens with zero attached hydrogens (tertiary/aromatic N) is 3. The Morgan fingerprint density at radius 2 is 2.16 bits per heavy atom. The first-order valence-electron chi connectivity index (χ1n) is 8.22. The molecule has 1 aliphatic heterocycles. The van der Waals surface area contributed by atoms with Crippen LogP contribution in [0, 0.1) is 0 Å². The van der Waals surface area contributed by atoms with Crippen LogP contribution in [-0.4, -0.2) is 27.3 Å². The third kappa shape index (κ3) is 3.29. The molecule has 1 aromatic heterocycles. The SMILES string of the molecule is O=C(NCc1cccc(-n2cncn2)c1)[C@H]1OCCc2ccccc21. The van der Waals surface area contributed by atoms with Crippen molar-refractivity contribution in [2.24, 2.45) is 0 Å². The molecule has 126 valence electrons. The topological polar surface area (TPSA) is 69.0 Å². The number of carbonyl (C=O) groups is 1. The number of benzene rings is 2. The highest BCUT2D eigenvalue weighted by Gasteiger charge is 2.26. The smallest absolute Gasteiger partial charge is 0.254 e. The normalized spacial score (nSPS) is 16.2. The molecule has 2 heterocycles. The Balaban J connectivity index is 1.46. The second kappa shape index (κ2) is 6.86. The van der Waals surface area contributed by atoms with E-state index in [1.165, 1.54) is 11.9 Å². The molecule has 1 amide bonds. The summed E-state index contributed by atoms with van der Waals surface area (Å²) in [4.78, 5) is 16.5. The second-order valence-electron chi connectivity index (χ2n) is 5.93. The summed E-state index contributed by atoms with van der Waals surface area (Å²) >= 11 is 0. The van der Waals surface area contributed by atoms with Gasteiger partial charge in [-0.2, -0.15) is 5.10 Å². The van der Waals surface area contributed by atoms with Crippen LogP contribution in [0.25, 0.3) is 5.69 Å². The minimum Gasteiger partial charge on any atom is -0.363 e. The molecule has 0 unspecified atom stereocenters. The third-order valence-electron chi connectivity index (χ3n) is 4.29. The number of hydrogen-bond donors (Lipinski definition) is 1. The van der Waals surface area contributed by atoms with Gasteiger partial charge < -0.3 is 10.1 Å². The zero-order chi connectivity index (χ0) is 17.1. The van der Waals surface area contributed by atoms with Crippen LogP contribution in [-0.2, 0) is 22.5 Å². The lowest BCUT2D eigenvalue weighted by molar-refractivity contribution is -0.134. The molecule has 0 aliphatic carbocycles. The summed E-state index contributed by atoms with van der Waals surface area (Å²) in [6.45, 7) is 1.00. The van der Waals surface area contributed by atoms with E-state index in [2.05, 4.69) is 21.5 Å². The van der Waals surface area contributed by atoms with Gasteiger partial charge in [0.2, 0.25) is 0 Å². The first-order chi connectivity index (χ1) is 12.3. The van der Waals surface area contributed by atoms with Gasteiger partial charge in [-0.15, -0.1) is 0 Å². The molecule has 0 bridgehead atoms. The molecule has 0 saturated carbocycles. The molecular formula is C19H18N4O2. The van der Waals surface area contributed by atoms with Gasteiger partial charge in [-0.05, 0) is 35.2 Å². The zero-order valence-corrected chi connectivity index (χ0v) is 13.6. The van der Waals surface area contributed by atoms with Crippen molar-refractivity contribution in [3.8, 4) is 5.69 Å². The van der Waals surface area contributed by atoms with Gasteiger partial charge in [0.1, 0.15) is 12.7 Å². The highest BCUT2D eigenvalue weighted by atomic mass is 16.5. The minimum atomic E-state index is -0.538. The van der Waals surface area contributed by atoms with Crippen molar-refractivity contribution < 1.29 is 9.53 Å². The van der Waals surface area contributed by atoms with Gasteiger partial charge >= 0.3 is 0 Å². The van der Waals surface area contributed by atoms with Crippen molar-refractivity contribution in [3.05, 3.63) is 77.9 Å². The summed E-state index contributed by atoms with van der Waals surface area (Å²) in [5.74, 6) is -0.113. The second-order valence-corrected chi connectivity index (χ2v) is 5.93. The zero-order valence-electron chi connectivity index (χ0n) is 13.6. The standard InChI is InChI=1S/C19H18N4O2/c24-19(18-17-7-2-1-5-15(17)8-9-25-18)21-11-14-4-3-6-16(10-14)23-13-20-12-22-23/h1-7,10,12-13,18H,8-9,11H2,(H,21,24)/t18-/m0/s1. The van der Waals surface area contributed by atoms with Crippen LogP contribution in [0.2, 0.25) is 0 Å². The van der Waals surface area contributed by atoms with E-state index in [1.807, 2.05) is 42.5 Å². The fraction of sp³-hybridized carbons (Fsp3) is 0.211. The summed E-state index contributed by atoms with van der Waals surface area (Å²) in [6.07, 6.45) is 3.44. The Morgan fingerprint density at radius 3 is 3.04 bits per heavy atom. The molecular weight excluding hydrogens is 316 g/mol. The Bertz CT molecular complexity index is 877. The summed E-state index contributed by atoms with van der Waals surface area (Å²) in [5.41, 5.74) is 4.04. The van der Waals surface area contributed by atoms with Gasteiger partial charge in [0, 0.05) is 6.54 Å². The van der Waals surface area contributed by atoms with Crippen molar-refractivity contribution in [2.75, 3.05) is 6.61 Å². The fourth-order valence-electron chi connectivity index (χ4n) is 3.04. The summed E-state index contributed by atoms with van der Waals surface area (Å²) in [6, 6.07) is 15.8. The van der Waals surface area contributed by atoms with E-state index in [0.29, 0.717) is 13.2 Å². The fourth-order valence-corrected chi connectivity index (χ4v) is 3.04. The minimum absolute atomic E-state index is 0.113. The van der Waals surface area contributed by atoms with Crippen LogP contribution in [0.1, 0.15) is 22.8 Å². The van der Waals surface area contributed by atoms with Crippen LogP contribution >= 0.6 is 0 Å². The lowest BCUT2D eigenvalue weighted by Crippen LogP contribution is -2.33. The molecule has 4 rings (SSSR count). The molecule has 0 spiro atoms. The van der Waals surface area contributed by atoms with E-state index in [4.69, 9.17) is 4.74 Å². The largest absolute Gasteiger partial charge is 0.363 e. The number of amides is 1. The predicted molar refractivity (Wildman–Crippen MR) is 92.0 cm³/mol. The number of nitrogens with one attached hydrogen (secondary N) is 1. The first kappa shape index (κ1) is 15.5. The lowest BCUT2D eigenvalue weighted by Gasteiger charge is -2.25. The molecule has 0 radical (unpaired) electrons. The van der Waals surface area contributed by atoms with Crippen molar-refractivity contribution in [2.45, 2.75) is 19.1 Å². The molecule has 25 heavy (non-hydrogen) atoms. The molecule has 0 fully saturated rings. The van der Waals surface area contributed by atoms with Crippen molar-refractivity contribution >= 4 is 5.91 Å². The van der Waals surface area contributed by atoms with Gasteiger partial charge in [-0.3, -0.25) is 4.79 Å². The van der Waals surface area contributed by atoms with Crippen LogP contribution in [0.15, 0.2) is 61.2 Å². The molecule has 1 N–H and O–H groups in total. The third-order valence-corrected chi connectivity index (χ3v) is 4.29. The maximum Gasteiger partial charge on any atom is 0.254 e. The van der Waals surface area contributed by atoms with E-state index in [0.717, 1.165) is 23.2 Å². The van der Waals surface area contributed by atoms with Gasteiger partial charge in [-0.1, -0.05) is 36.4 Å². The highest BCUT2D eigenvalue weighted by Crippen LogP contribution is 2.27. The molecule has 6 nitrogen and oxygen atoms in total. The van der Waals surface area contributed by atoms with Gasteiger partial charge in [-0.25, -0.2) is 9.67 Å². The predicted octanol–water partition coefficient (Wildman–Crippen LogP) is 2.20. The van der Waals surface area contributed by atoms with Gasteiger partial charge in [0.15, 0.2) is 6.10 Å².